The zero-order valence-corrected chi connectivity index (χ0v) is 18.0. The minimum atomic E-state index is -3.92. The van der Waals surface area contributed by atoms with E-state index in [-0.39, 0.29) is 41.7 Å². The Morgan fingerprint density at radius 2 is 1.71 bits per heavy atom. The van der Waals surface area contributed by atoms with Crippen molar-refractivity contribution in [1.29, 1.82) is 0 Å². The minimum Gasteiger partial charge on any atom is -0.339 e. The van der Waals surface area contributed by atoms with Gasteiger partial charge in [0.05, 0.1) is 0 Å². The molecule has 2 saturated heterocycles. The Kier molecular flexibility index (Phi) is 6.39. The fourth-order valence-electron chi connectivity index (χ4n) is 4.64. The fourth-order valence-corrected chi connectivity index (χ4v) is 6.18. The van der Waals surface area contributed by atoms with Crippen LogP contribution in [-0.4, -0.2) is 49.2 Å². The number of amides is 1. The van der Waals surface area contributed by atoms with E-state index in [4.69, 9.17) is 0 Å². The average Bonchev–Trinajstić information content (AvgIpc) is 3.21. The highest BCUT2D eigenvalue weighted by Gasteiger charge is 2.37. The first kappa shape index (κ1) is 21.9. The summed E-state index contributed by atoms with van der Waals surface area (Å²) in [6.45, 7) is 1.05. The lowest BCUT2D eigenvalue weighted by Gasteiger charge is -2.34. The van der Waals surface area contributed by atoms with Crippen molar-refractivity contribution in [3.63, 3.8) is 0 Å². The van der Waals surface area contributed by atoms with E-state index in [0.717, 1.165) is 24.5 Å². The second-order valence-corrected chi connectivity index (χ2v) is 10.2. The number of piperidine rings is 1. The Morgan fingerprint density at radius 3 is 2.42 bits per heavy atom. The van der Waals surface area contributed by atoms with Gasteiger partial charge in [-0.05, 0) is 61.9 Å². The van der Waals surface area contributed by atoms with Crippen LogP contribution in [0, 0.1) is 17.6 Å². The van der Waals surface area contributed by atoms with E-state index in [9.17, 15) is 22.0 Å². The molecule has 0 spiro atoms. The maximum atomic E-state index is 14.0. The Labute approximate surface area is 181 Å². The number of rotatable bonds is 5. The highest BCUT2D eigenvalue weighted by molar-refractivity contribution is 7.89. The van der Waals surface area contributed by atoms with Gasteiger partial charge in [0.15, 0.2) is 0 Å². The number of carbonyl (C=O) groups is 1. The van der Waals surface area contributed by atoms with Gasteiger partial charge in [-0.25, -0.2) is 17.2 Å². The highest BCUT2D eigenvalue weighted by atomic mass is 32.2. The maximum absolute atomic E-state index is 14.0. The summed E-state index contributed by atoms with van der Waals surface area (Å²) >= 11 is 0. The molecule has 166 valence electrons. The van der Waals surface area contributed by atoms with Gasteiger partial charge < -0.3 is 4.90 Å². The Balaban J connectivity index is 1.39. The quantitative estimate of drug-likeness (QED) is 0.702. The van der Waals surface area contributed by atoms with Gasteiger partial charge in [0.1, 0.15) is 16.5 Å². The van der Waals surface area contributed by atoms with Gasteiger partial charge in [0, 0.05) is 31.6 Å². The number of halogens is 2. The van der Waals surface area contributed by atoms with Crippen LogP contribution in [0.4, 0.5) is 8.78 Å². The van der Waals surface area contributed by atoms with Crippen LogP contribution < -0.4 is 0 Å². The molecule has 2 fully saturated rings. The van der Waals surface area contributed by atoms with Crippen molar-refractivity contribution in [3.8, 4) is 0 Å². The summed E-state index contributed by atoms with van der Waals surface area (Å²) in [5.74, 6) is -1.25. The zero-order chi connectivity index (χ0) is 22.0. The molecule has 1 atom stereocenters. The van der Waals surface area contributed by atoms with Gasteiger partial charge in [-0.15, -0.1) is 0 Å². The predicted molar refractivity (Wildman–Crippen MR) is 113 cm³/mol. The molecule has 0 radical (unpaired) electrons. The van der Waals surface area contributed by atoms with E-state index in [2.05, 4.69) is 0 Å². The molecule has 0 N–H and O–H groups in total. The third-order valence-corrected chi connectivity index (χ3v) is 8.21. The molecular formula is C23H26F2N2O3S. The molecule has 1 amide bonds. The number of hydrogen-bond donors (Lipinski definition) is 0. The van der Waals surface area contributed by atoms with Gasteiger partial charge in [-0.2, -0.15) is 4.31 Å². The van der Waals surface area contributed by atoms with E-state index in [0.29, 0.717) is 25.8 Å². The van der Waals surface area contributed by atoms with Crippen molar-refractivity contribution in [2.45, 2.75) is 43.0 Å². The third-order valence-electron chi connectivity index (χ3n) is 6.28. The summed E-state index contributed by atoms with van der Waals surface area (Å²) in [4.78, 5) is 14.7. The molecule has 2 aliphatic rings. The molecule has 0 aromatic heterocycles. The fraction of sp³-hybridized carbons (Fsp3) is 0.435. The molecule has 5 nitrogen and oxygen atoms in total. The van der Waals surface area contributed by atoms with Crippen molar-refractivity contribution in [2.24, 2.45) is 5.92 Å². The first-order chi connectivity index (χ1) is 14.9. The number of carbonyl (C=O) groups excluding carboxylic acids is 1. The minimum absolute atomic E-state index is 0.0366. The SMILES string of the molecule is O=C(C1CCN(S(=O)(=O)c2ccccc2F)CC1)N1CCCC1Cc1cccc(F)c1. The van der Waals surface area contributed by atoms with Gasteiger partial charge in [0.25, 0.3) is 0 Å². The first-order valence-electron chi connectivity index (χ1n) is 10.7. The summed E-state index contributed by atoms with van der Waals surface area (Å²) in [6, 6.07) is 11.9. The Bertz CT molecular complexity index is 1050. The van der Waals surface area contributed by atoms with E-state index >= 15 is 0 Å². The van der Waals surface area contributed by atoms with Crippen LogP contribution >= 0.6 is 0 Å². The molecular weight excluding hydrogens is 422 g/mol. The lowest BCUT2D eigenvalue weighted by Crippen LogP contribution is -2.46. The topological polar surface area (TPSA) is 57.7 Å². The van der Waals surface area contributed by atoms with Crippen molar-refractivity contribution < 1.29 is 22.0 Å². The maximum Gasteiger partial charge on any atom is 0.245 e. The molecule has 8 heteroatoms. The summed E-state index contributed by atoms with van der Waals surface area (Å²) < 4.78 is 54.4. The molecule has 0 bridgehead atoms. The lowest BCUT2D eigenvalue weighted by atomic mass is 9.95. The van der Waals surface area contributed by atoms with E-state index in [1.165, 1.54) is 34.6 Å². The number of sulfonamides is 1. The standard InChI is InChI=1S/C23H26F2N2O3S/c24-19-6-3-5-17(15-19)16-20-7-4-12-27(20)23(28)18-10-13-26(14-11-18)31(29,30)22-9-2-1-8-21(22)25/h1-3,5-6,8-9,15,18,20H,4,7,10-14,16H2. The zero-order valence-electron chi connectivity index (χ0n) is 17.2. The predicted octanol–water partition coefficient (Wildman–Crippen LogP) is 3.60. The van der Waals surface area contributed by atoms with E-state index in [1.807, 2.05) is 11.0 Å². The highest BCUT2D eigenvalue weighted by Crippen LogP contribution is 2.29. The molecule has 1 unspecified atom stereocenters. The van der Waals surface area contributed by atoms with Crippen LogP contribution in [0.2, 0.25) is 0 Å². The Hall–Kier alpha value is -2.32. The van der Waals surface area contributed by atoms with E-state index in [1.54, 1.807) is 6.07 Å². The largest absolute Gasteiger partial charge is 0.339 e. The second kappa shape index (κ2) is 9.04. The van der Waals surface area contributed by atoms with Gasteiger partial charge >= 0.3 is 0 Å². The molecule has 4 rings (SSSR count). The number of nitrogens with zero attached hydrogens (tertiary/aromatic N) is 2. The monoisotopic (exact) mass is 448 g/mol. The summed E-state index contributed by atoms with van der Waals surface area (Å²) in [5, 5.41) is 0. The van der Waals surface area contributed by atoms with Crippen molar-refractivity contribution in [2.75, 3.05) is 19.6 Å². The van der Waals surface area contributed by atoms with Gasteiger partial charge in [-0.3, -0.25) is 4.79 Å². The smallest absolute Gasteiger partial charge is 0.245 e. The first-order valence-corrected chi connectivity index (χ1v) is 12.1. The molecule has 2 heterocycles. The van der Waals surface area contributed by atoms with Crippen LogP contribution in [0.5, 0.6) is 0 Å². The van der Waals surface area contributed by atoms with Gasteiger partial charge in [0.2, 0.25) is 15.9 Å². The number of likely N-dealkylation sites (tertiary alicyclic amines) is 1. The third kappa shape index (κ3) is 4.65. The molecule has 31 heavy (non-hydrogen) atoms. The summed E-state index contributed by atoms with van der Waals surface area (Å²) in [6.07, 6.45) is 3.23. The van der Waals surface area contributed by atoms with E-state index < -0.39 is 15.8 Å². The summed E-state index contributed by atoms with van der Waals surface area (Å²) in [7, 11) is -3.92. The number of benzene rings is 2. The van der Waals surface area contributed by atoms with Crippen LogP contribution in [0.3, 0.4) is 0 Å². The molecule has 0 saturated carbocycles. The number of hydrogen-bond acceptors (Lipinski definition) is 3. The van der Waals surface area contributed by atoms with Crippen LogP contribution in [0.25, 0.3) is 0 Å². The van der Waals surface area contributed by atoms with Crippen molar-refractivity contribution in [1.82, 2.24) is 9.21 Å². The van der Waals surface area contributed by atoms with Gasteiger partial charge in [-0.1, -0.05) is 24.3 Å². The van der Waals surface area contributed by atoms with Crippen LogP contribution in [0.1, 0.15) is 31.2 Å². The van der Waals surface area contributed by atoms with Crippen molar-refractivity contribution >= 4 is 15.9 Å². The molecule has 2 aromatic rings. The van der Waals surface area contributed by atoms with Crippen LogP contribution in [-0.2, 0) is 21.2 Å². The van der Waals surface area contributed by atoms with Crippen molar-refractivity contribution in [3.05, 3.63) is 65.7 Å². The normalized spacial score (nSPS) is 20.8. The molecule has 2 aliphatic heterocycles. The Morgan fingerprint density at radius 1 is 0.968 bits per heavy atom. The van der Waals surface area contributed by atoms with Crippen LogP contribution in [0.15, 0.2) is 53.4 Å². The summed E-state index contributed by atoms with van der Waals surface area (Å²) in [5.41, 5.74) is 0.871. The molecule has 2 aromatic carbocycles. The lowest BCUT2D eigenvalue weighted by molar-refractivity contribution is -0.137. The molecule has 0 aliphatic carbocycles. The average molecular weight is 449 g/mol. The second-order valence-electron chi connectivity index (χ2n) is 8.27.